The second-order valence-electron chi connectivity index (χ2n) is 3.77. The van der Waals surface area contributed by atoms with E-state index in [0.29, 0.717) is 0 Å². The highest BCUT2D eigenvalue weighted by molar-refractivity contribution is 5.19. The molecule has 1 fully saturated rings. The molecule has 1 heterocycles. The maximum atomic E-state index is 3.46. The van der Waals surface area contributed by atoms with E-state index in [4.69, 9.17) is 0 Å². The molecule has 12 heavy (non-hydrogen) atoms. The molecule has 0 saturated heterocycles. The molecule has 0 bridgehead atoms. The highest BCUT2D eigenvalue weighted by Gasteiger charge is 2.17. The van der Waals surface area contributed by atoms with Crippen LogP contribution in [0.2, 0.25) is 0 Å². The van der Waals surface area contributed by atoms with Gasteiger partial charge in [-0.2, -0.15) is 0 Å². The van der Waals surface area contributed by atoms with Crippen molar-refractivity contribution in [3.8, 4) is 0 Å². The van der Waals surface area contributed by atoms with Crippen molar-refractivity contribution in [2.24, 2.45) is 5.92 Å². The Bertz CT molecular complexity index is 197. The molecule has 0 aromatic rings. The second kappa shape index (κ2) is 3.79. The second-order valence-corrected chi connectivity index (χ2v) is 3.77. The zero-order valence-electron chi connectivity index (χ0n) is 7.55. The van der Waals surface area contributed by atoms with Crippen molar-refractivity contribution < 1.29 is 0 Å². The summed E-state index contributed by atoms with van der Waals surface area (Å²) in [6, 6.07) is 0. The first-order valence-corrected chi connectivity index (χ1v) is 5.07. The van der Waals surface area contributed by atoms with Crippen molar-refractivity contribution in [1.29, 1.82) is 0 Å². The Kier molecular flexibility index (Phi) is 2.50. The predicted octanol–water partition coefficient (Wildman–Crippen LogP) is 2.61. The van der Waals surface area contributed by atoms with Gasteiger partial charge in [0.1, 0.15) is 0 Å². The summed E-state index contributed by atoms with van der Waals surface area (Å²) in [6.45, 7) is 1.03. The summed E-state index contributed by atoms with van der Waals surface area (Å²) < 4.78 is 0. The molecule has 0 spiro atoms. The average molecular weight is 163 g/mol. The first-order chi connectivity index (χ1) is 5.97. The van der Waals surface area contributed by atoms with Crippen LogP contribution in [0.5, 0.6) is 0 Å². The molecule has 1 aliphatic carbocycles. The molecule has 0 radical (unpaired) electrons. The minimum atomic E-state index is 0.837. The van der Waals surface area contributed by atoms with Crippen LogP contribution < -0.4 is 5.32 Å². The number of hydrogen-bond donors (Lipinski definition) is 1. The Morgan fingerprint density at radius 2 is 2.00 bits per heavy atom. The third-order valence-corrected chi connectivity index (χ3v) is 2.88. The molecule has 0 amide bonds. The molecular formula is C11H17N. The number of hydrogen-bond acceptors (Lipinski definition) is 1. The van der Waals surface area contributed by atoms with E-state index in [-0.39, 0.29) is 0 Å². The number of rotatable bonds is 1. The van der Waals surface area contributed by atoms with E-state index in [1.807, 2.05) is 0 Å². The smallest absolute Gasteiger partial charge is 0.0330 e. The highest BCUT2D eigenvalue weighted by atomic mass is 14.9. The molecule has 66 valence electrons. The number of nitrogens with one attached hydrogen (secondary N) is 1. The van der Waals surface area contributed by atoms with Crippen molar-refractivity contribution in [2.45, 2.75) is 32.1 Å². The monoisotopic (exact) mass is 163 g/mol. The van der Waals surface area contributed by atoms with Gasteiger partial charge in [-0.3, -0.25) is 0 Å². The molecule has 0 aromatic carbocycles. The Morgan fingerprint density at radius 3 is 2.67 bits per heavy atom. The summed E-state index contributed by atoms with van der Waals surface area (Å²) in [6.07, 6.45) is 13.7. The fourth-order valence-electron chi connectivity index (χ4n) is 2.17. The number of allylic oxidation sites excluding steroid dienone is 3. The summed E-state index contributed by atoms with van der Waals surface area (Å²) in [5.41, 5.74) is 1.48. The Labute approximate surface area is 74.5 Å². The molecule has 2 rings (SSSR count). The van der Waals surface area contributed by atoms with Crippen molar-refractivity contribution in [3.63, 3.8) is 0 Å². The number of dihydropyridines is 1. The van der Waals surface area contributed by atoms with Crippen molar-refractivity contribution in [3.05, 3.63) is 23.9 Å². The van der Waals surface area contributed by atoms with Crippen LogP contribution in [0.1, 0.15) is 32.1 Å². The van der Waals surface area contributed by atoms with Gasteiger partial charge in [0.05, 0.1) is 0 Å². The molecule has 0 atom stereocenters. The largest absolute Gasteiger partial charge is 0.385 e. The lowest BCUT2D eigenvalue weighted by Crippen LogP contribution is -2.23. The van der Waals surface area contributed by atoms with Gasteiger partial charge in [0.2, 0.25) is 0 Å². The van der Waals surface area contributed by atoms with Gasteiger partial charge in [0, 0.05) is 12.2 Å². The maximum Gasteiger partial charge on any atom is 0.0330 e. The maximum absolute atomic E-state index is 3.46. The molecule has 1 N–H and O–H groups in total. The van der Waals surface area contributed by atoms with Gasteiger partial charge >= 0.3 is 0 Å². The van der Waals surface area contributed by atoms with Crippen LogP contribution in [-0.2, 0) is 0 Å². The Balaban J connectivity index is 1.97. The SMILES string of the molecule is C1=CCNC(C2CCCCC2)=C1. The lowest BCUT2D eigenvalue weighted by Gasteiger charge is -2.26. The molecule has 1 aliphatic heterocycles. The highest BCUT2D eigenvalue weighted by Crippen LogP contribution is 2.28. The summed E-state index contributed by atoms with van der Waals surface area (Å²) >= 11 is 0. The van der Waals surface area contributed by atoms with E-state index < -0.39 is 0 Å². The van der Waals surface area contributed by atoms with Crippen molar-refractivity contribution in [2.75, 3.05) is 6.54 Å². The minimum Gasteiger partial charge on any atom is -0.385 e. The first kappa shape index (κ1) is 7.90. The molecule has 0 unspecified atom stereocenters. The quantitative estimate of drug-likeness (QED) is 0.626. The minimum absolute atomic E-state index is 0.837. The normalized spacial score (nSPS) is 24.8. The molecule has 1 heteroatoms. The average Bonchev–Trinajstić information content (AvgIpc) is 2.21. The van der Waals surface area contributed by atoms with Gasteiger partial charge in [-0.1, -0.05) is 31.4 Å². The summed E-state index contributed by atoms with van der Waals surface area (Å²) in [4.78, 5) is 0. The lowest BCUT2D eigenvalue weighted by molar-refractivity contribution is 0.388. The fourth-order valence-corrected chi connectivity index (χ4v) is 2.17. The van der Waals surface area contributed by atoms with Crippen LogP contribution in [0, 0.1) is 5.92 Å². The van der Waals surface area contributed by atoms with Gasteiger partial charge in [-0.15, -0.1) is 0 Å². The van der Waals surface area contributed by atoms with Crippen LogP contribution in [0.15, 0.2) is 23.9 Å². The molecule has 0 aromatic heterocycles. The van der Waals surface area contributed by atoms with Crippen LogP contribution >= 0.6 is 0 Å². The zero-order chi connectivity index (χ0) is 8.23. The van der Waals surface area contributed by atoms with Crippen LogP contribution in [0.4, 0.5) is 0 Å². The summed E-state index contributed by atoms with van der Waals surface area (Å²) in [5, 5.41) is 3.46. The predicted molar refractivity (Wildman–Crippen MR) is 51.8 cm³/mol. The lowest BCUT2D eigenvalue weighted by atomic mass is 9.86. The third kappa shape index (κ3) is 1.71. The van der Waals surface area contributed by atoms with E-state index in [2.05, 4.69) is 23.5 Å². The van der Waals surface area contributed by atoms with Gasteiger partial charge in [-0.05, 0) is 24.8 Å². The summed E-state index contributed by atoms with van der Waals surface area (Å²) in [5.74, 6) is 0.837. The molecular weight excluding hydrogens is 146 g/mol. The van der Waals surface area contributed by atoms with Gasteiger partial charge in [0.15, 0.2) is 0 Å². The van der Waals surface area contributed by atoms with Gasteiger partial charge in [0.25, 0.3) is 0 Å². The van der Waals surface area contributed by atoms with E-state index in [1.54, 1.807) is 0 Å². The van der Waals surface area contributed by atoms with Gasteiger partial charge < -0.3 is 5.32 Å². The van der Waals surface area contributed by atoms with Gasteiger partial charge in [-0.25, -0.2) is 0 Å². The molecule has 2 aliphatic rings. The Hall–Kier alpha value is -0.720. The summed E-state index contributed by atoms with van der Waals surface area (Å²) in [7, 11) is 0. The van der Waals surface area contributed by atoms with Crippen LogP contribution in [-0.4, -0.2) is 6.54 Å². The van der Waals surface area contributed by atoms with E-state index in [0.717, 1.165) is 12.5 Å². The first-order valence-electron chi connectivity index (χ1n) is 5.07. The standard InChI is InChI=1S/C11H17N/c1-2-6-10(7-3-1)11-8-4-5-9-12-11/h4-5,8,10,12H,1-3,6-7,9H2. The van der Waals surface area contributed by atoms with Crippen LogP contribution in [0.25, 0.3) is 0 Å². The van der Waals surface area contributed by atoms with E-state index in [9.17, 15) is 0 Å². The zero-order valence-corrected chi connectivity index (χ0v) is 7.55. The topological polar surface area (TPSA) is 12.0 Å². The molecule has 1 nitrogen and oxygen atoms in total. The third-order valence-electron chi connectivity index (χ3n) is 2.88. The Morgan fingerprint density at radius 1 is 1.17 bits per heavy atom. The van der Waals surface area contributed by atoms with Crippen molar-refractivity contribution in [1.82, 2.24) is 5.32 Å². The van der Waals surface area contributed by atoms with E-state index in [1.165, 1.54) is 37.8 Å². The van der Waals surface area contributed by atoms with E-state index >= 15 is 0 Å². The van der Waals surface area contributed by atoms with Crippen LogP contribution in [0.3, 0.4) is 0 Å². The molecule has 1 saturated carbocycles. The fraction of sp³-hybridized carbons (Fsp3) is 0.636. The van der Waals surface area contributed by atoms with Crippen molar-refractivity contribution >= 4 is 0 Å².